The van der Waals surface area contributed by atoms with Crippen molar-refractivity contribution in [3.8, 4) is 0 Å². The molecule has 1 fully saturated rings. The van der Waals surface area contributed by atoms with Crippen molar-refractivity contribution in [2.45, 2.75) is 13.0 Å². The van der Waals surface area contributed by atoms with Gasteiger partial charge >= 0.3 is 0 Å². The number of imidazole rings is 1. The molecule has 0 amide bonds. The number of para-hydroxylation sites is 1. The number of aryl methyl sites for hydroxylation is 1. The summed E-state index contributed by atoms with van der Waals surface area (Å²) in [6, 6.07) is 11.0. The second-order valence-corrected chi connectivity index (χ2v) is 5.84. The first-order valence-corrected chi connectivity index (χ1v) is 7.98. The Balaban J connectivity index is 1.67. The molecule has 22 heavy (non-hydrogen) atoms. The summed E-state index contributed by atoms with van der Waals surface area (Å²) in [6.45, 7) is 7.28. The van der Waals surface area contributed by atoms with Crippen molar-refractivity contribution in [2.75, 3.05) is 44.7 Å². The zero-order chi connectivity index (χ0) is 15.4. The Morgan fingerprint density at radius 1 is 1.18 bits per heavy atom. The Bertz CT molecular complexity index is 572. The Labute approximate surface area is 132 Å². The van der Waals surface area contributed by atoms with Gasteiger partial charge in [0.15, 0.2) is 0 Å². The second kappa shape index (κ2) is 6.94. The summed E-state index contributed by atoms with van der Waals surface area (Å²) in [5, 5.41) is 3.31. The molecule has 1 aromatic carbocycles. The predicted molar refractivity (Wildman–Crippen MR) is 90.2 cm³/mol. The molecule has 1 saturated heterocycles. The quantitative estimate of drug-likeness (QED) is 0.884. The van der Waals surface area contributed by atoms with E-state index in [9.17, 15) is 0 Å². The number of piperazine rings is 1. The molecule has 1 aliphatic rings. The molecule has 0 aliphatic carbocycles. The first-order valence-electron chi connectivity index (χ1n) is 7.98. The van der Waals surface area contributed by atoms with E-state index in [-0.39, 0.29) is 0 Å². The molecule has 1 aliphatic heterocycles. The standard InChI is InChI=1S/C17H25N5/c1-14-17(20-13-19-14)16(12-18-2)22-10-8-21(9-11-22)15-6-4-3-5-7-15/h3-7,13,16,18H,8-12H2,1-2H3,(H,19,20). The minimum Gasteiger partial charge on any atom is -0.369 e. The van der Waals surface area contributed by atoms with Crippen molar-refractivity contribution in [1.82, 2.24) is 20.2 Å². The number of benzene rings is 1. The zero-order valence-corrected chi connectivity index (χ0v) is 13.4. The zero-order valence-electron chi connectivity index (χ0n) is 13.4. The summed E-state index contributed by atoms with van der Waals surface area (Å²) < 4.78 is 0. The fourth-order valence-corrected chi connectivity index (χ4v) is 3.23. The van der Waals surface area contributed by atoms with Gasteiger partial charge in [-0.1, -0.05) is 18.2 Å². The molecule has 2 aromatic rings. The molecule has 1 atom stereocenters. The lowest BCUT2D eigenvalue weighted by molar-refractivity contribution is 0.180. The van der Waals surface area contributed by atoms with E-state index < -0.39 is 0 Å². The molecule has 5 heteroatoms. The van der Waals surface area contributed by atoms with Crippen LogP contribution in [-0.2, 0) is 0 Å². The topological polar surface area (TPSA) is 47.2 Å². The number of hydrogen-bond donors (Lipinski definition) is 2. The van der Waals surface area contributed by atoms with Crippen LogP contribution < -0.4 is 10.2 Å². The predicted octanol–water partition coefficient (Wildman–Crippen LogP) is 1.80. The van der Waals surface area contributed by atoms with Crippen LogP contribution in [0.3, 0.4) is 0 Å². The molecule has 2 heterocycles. The summed E-state index contributed by atoms with van der Waals surface area (Å²) in [5.74, 6) is 0. The highest BCUT2D eigenvalue weighted by atomic mass is 15.3. The first-order chi connectivity index (χ1) is 10.8. The second-order valence-electron chi connectivity index (χ2n) is 5.84. The van der Waals surface area contributed by atoms with Gasteiger partial charge in [-0.2, -0.15) is 0 Å². The van der Waals surface area contributed by atoms with Crippen molar-refractivity contribution < 1.29 is 0 Å². The Morgan fingerprint density at radius 2 is 1.91 bits per heavy atom. The number of aromatic amines is 1. The van der Waals surface area contributed by atoms with Gasteiger partial charge in [-0.15, -0.1) is 0 Å². The molecular formula is C17H25N5. The highest BCUT2D eigenvalue weighted by molar-refractivity contribution is 5.46. The van der Waals surface area contributed by atoms with Crippen LogP contribution in [-0.4, -0.2) is 54.6 Å². The fraction of sp³-hybridized carbons (Fsp3) is 0.471. The van der Waals surface area contributed by atoms with Gasteiger partial charge in [-0.05, 0) is 26.1 Å². The number of aromatic nitrogens is 2. The van der Waals surface area contributed by atoms with E-state index >= 15 is 0 Å². The van der Waals surface area contributed by atoms with Crippen molar-refractivity contribution in [1.29, 1.82) is 0 Å². The molecular weight excluding hydrogens is 274 g/mol. The fourth-order valence-electron chi connectivity index (χ4n) is 3.23. The minimum absolute atomic E-state index is 0.342. The summed E-state index contributed by atoms with van der Waals surface area (Å²) in [6.07, 6.45) is 1.80. The summed E-state index contributed by atoms with van der Waals surface area (Å²) in [7, 11) is 2.01. The van der Waals surface area contributed by atoms with Crippen LogP contribution in [0.4, 0.5) is 5.69 Å². The van der Waals surface area contributed by atoms with E-state index in [0.29, 0.717) is 6.04 Å². The molecule has 118 valence electrons. The van der Waals surface area contributed by atoms with Crippen molar-refractivity contribution in [3.05, 3.63) is 48.0 Å². The van der Waals surface area contributed by atoms with Crippen LogP contribution in [0, 0.1) is 6.92 Å². The van der Waals surface area contributed by atoms with Crippen molar-refractivity contribution >= 4 is 5.69 Å². The van der Waals surface area contributed by atoms with Crippen LogP contribution in [0.25, 0.3) is 0 Å². The van der Waals surface area contributed by atoms with Gasteiger partial charge in [0, 0.05) is 44.1 Å². The monoisotopic (exact) mass is 299 g/mol. The Morgan fingerprint density at radius 3 is 2.50 bits per heavy atom. The van der Waals surface area contributed by atoms with Gasteiger partial charge in [0.1, 0.15) is 0 Å². The van der Waals surface area contributed by atoms with Crippen LogP contribution >= 0.6 is 0 Å². The lowest BCUT2D eigenvalue weighted by atomic mass is 10.1. The van der Waals surface area contributed by atoms with Gasteiger partial charge in [-0.3, -0.25) is 4.90 Å². The number of rotatable bonds is 5. The van der Waals surface area contributed by atoms with Gasteiger partial charge in [0.25, 0.3) is 0 Å². The smallest absolute Gasteiger partial charge is 0.0925 e. The van der Waals surface area contributed by atoms with E-state index in [4.69, 9.17) is 0 Å². The molecule has 2 N–H and O–H groups in total. The van der Waals surface area contributed by atoms with Crippen molar-refractivity contribution in [2.24, 2.45) is 0 Å². The van der Waals surface area contributed by atoms with Crippen LogP contribution in [0.5, 0.6) is 0 Å². The molecule has 1 aromatic heterocycles. The number of nitrogens with one attached hydrogen (secondary N) is 2. The van der Waals surface area contributed by atoms with Gasteiger partial charge < -0.3 is 15.2 Å². The third-order valence-electron chi connectivity index (χ3n) is 4.46. The largest absolute Gasteiger partial charge is 0.369 e. The third-order valence-corrected chi connectivity index (χ3v) is 4.46. The maximum absolute atomic E-state index is 4.54. The van der Waals surface area contributed by atoms with E-state index in [0.717, 1.165) is 32.7 Å². The Kier molecular flexibility index (Phi) is 4.75. The average molecular weight is 299 g/mol. The number of likely N-dealkylation sites (N-methyl/N-ethyl adjacent to an activating group) is 1. The van der Waals surface area contributed by atoms with E-state index in [1.807, 2.05) is 7.05 Å². The lowest BCUT2D eigenvalue weighted by Gasteiger charge is -2.40. The molecule has 1 unspecified atom stereocenters. The summed E-state index contributed by atoms with van der Waals surface area (Å²) in [4.78, 5) is 12.7. The summed E-state index contributed by atoms with van der Waals surface area (Å²) in [5.41, 5.74) is 3.66. The van der Waals surface area contributed by atoms with E-state index in [1.54, 1.807) is 6.33 Å². The molecule has 0 bridgehead atoms. The average Bonchev–Trinajstić information content (AvgIpc) is 2.99. The highest BCUT2D eigenvalue weighted by Gasteiger charge is 2.27. The van der Waals surface area contributed by atoms with Crippen LogP contribution in [0.1, 0.15) is 17.4 Å². The number of H-pyrrole nitrogens is 1. The third kappa shape index (κ3) is 3.15. The number of nitrogens with zero attached hydrogens (tertiary/aromatic N) is 3. The molecule has 0 spiro atoms. The number of anilines is 1. The number of hydrogen-bond acceptors (Lipinski definition) is 4. The van der Waals surface area contributed by atoms with Gasteiger partial charge in [0.05, 0.1) is 18.1 Å². The van der Waals surface area contributed by atoms with Gasteiger partial charge in [0.2, 0.25) is 0 Å². The lowest BCUT2D eigenvalue weighted by Crippen LogP contribution is -2.49. The normalized spacial score (nSPS) is 17.6. The maximum Gasteiger partial charge on any atom is 0.0925 e. The Hall–Kier alpha value is -1.85. The molecule has 0 saturated carbocycles. The van der Waals surface area contributed by atoms with E-state index in [2.05, 4.69) is 62.3 Å². The molecule has 3 rings (SSSR count). The minimum atomic E-state index is 0.342. The highest BCUT2D eigenvalue weighted by Crippen LogP contribution is 2.24. The van der Waals surface area contributed by atoms with E-state index in [1.165, 1.54) is 17.1 Å². The molecule has 5 nitrogen and oxygen atoms in total. The first kappa shape index (κ1) is 15.1. The summed E-state index contributed by atoms with van der Waals surface area (Å²) >= 11 is 0. The van der Waals surface area contributed by atoms with Gasteiger partial charge in [-0.25, -0.2) is 4.98 Å². The van der Waals surface area contributed by atoms with Crippen LogP contribution in [0.2, 0.25) is 0 Å². The molecule has 0 radical (unpaired) electrons. The van der Waals surface area contributed by atoms with Crippen molar-refractivity contribution in [3.63, 3.8) is 0 Å². The SMILES string of the molecule is CNCC(c1nc[nH]c1C)N1CCN(c2ccccc2)CC1. The van der Waals surface area contributed by atoms with Crippen LogP contribution in [0.15, 0.2) is 36.7 Å². The maximum atomic E-state index is 4.54.